The molecule has 0 saturated heterocycles. The van der Waals surface area contributed by atoms with E-state index in [1.807, 2.05) is 0 Å². The molecule has 1 heterocycles. The average molecular weight is 411 g/mol. The maximum atomic E-state index is 13.3. The van der Waals surface area contributed by atoms with Crippen LogP contribution in [0.3, 0.4) is 0 Å². The first-order chi connectivity index (χ1) is 13.4. The summed E-state index contributed by atoms with van der Waals surface area (Å²) in [6.07, 6.45) is -4.64. The molecule has 1 amide bonds. The second-order valence-electron chi connectivity index (χ2n) is 6.77. The Kier molecular flexibility index (Phi) is 6.45. The number of carbonyl (C=O) groups excluding carboxylic acids is 2. The van der Waals surface area contributed by atoms with Gasteiger partial charge in [0.15, 0.2) is 5.75 Å². The van der Waals surface area contributed by atoms with Crippen molar-refractivity contribution in [3.8, 4) is 5.75 Å². The molecule has 0 bridgehead atoms. The van der Waals surface area contributed by atoms with Crippen molar-refractivity contribution in [2.24, 2.45) is 0 Å². The Balaban J connectivity index is 2.61. The number of hydrogen-bond donors (Lipinski definition) is 2. The summed E-state index contributed by atoms with van der Waals surface area (Å²) in [7, 11) is 0. The molecular weight excluding hydrogens is 391 g/mol. The van der Waals surface area contributed by atoms with Crippen molar-refractivity contribution in [3.63, 3.8) is 0 Å². The van der Waals surface area contributed by atoms with E-state index in [0.29, 0.717) is 4.68 Å². The smallest absolute Gasteiger partial charge is 0.416 e. The number of rotatable bonds is 6. The third-order valence-electron chi connectivity index (χ3n) is 4.07. The fourth-order valence-corrected chi connectivity index (χ4v) is 2.67. The first-order valence-electron chi connectivity index (χ1n) is 8.70. The van der Waals surface area contributed by atoms with Gasteiger partial charge in [0.25, 0.3) is 11.5 Å². The monoisotopic (exact) mass is 411 g/mol. The SMILES string of the molecule is CC(=O)CNC(=O)c1c(O)c(C(C)C)nn(Cc2ccccc2C(F)(F)F)c1=O. The first-order valence-corrected chi connectivity index (χ1v) is 8.70. The van der Waals surface area contributed by atoms with E-state index in [4.69, 9.17) is 0 Å². The highest BCUT2D eigenvalue weighted by atomic mass is 19.4. The van der Waals surface area contributed by atoms with Crippen molar-refractivity contribution < 1.29 is 27.9 Å². The summed E-state index contributed by atoms with van der Waals surface area (Å²) in [5.74, 6) is -2.48. The van der Waals surface area contributed by atoms with Crippen LogP contribution in [0.1, 0.15) is 53.9 Å². The fourth-order valence-electron chi connectivity index (χ4n) is 2.67. The van der Waals surface area contributed by atoms with E-state index in [0.717, 1.165) is 6.07 Å². The second kappa shape index (κ2) is 8.46. The maximum absolute atomic E-state index is 13.3. The molecule has 0 fully saturated rings. The zero-order valence-corrected chi connectivity index (χ0v) is 16.0. The number of amides is 1. The van der Waals surface area contributed by atoms with Gasteiger partial charge in [-0.15, -0.1) is 0 Å². The zero-order chi connectivity index (χ0) is 21.9. The molecule has 0 saturated carbocycles. The molecule has 0 aliphatic carbocycles. The van der Waals surface area contributed by atoms with E-state index in [-0.39, 0.29) is 23.6 Å². The van der Waals surface area contributed by atoms with Gasteiger partial charge in [0.2, 0.25) is 0 Å². The Labute approximate surface area is 164 Å². The summed E-state index contributed by atoms with van der Waals surface area (Å²) in [5.41, 5.74) is -2.91. The average Bonchev–Trinajstić information content (AvgIpc) is 2.61. The van der Waals surface area contributed by atoms with Crippen LogP contribution in [0.2, 0.25) is 0 Å². The van der Waals surface area contributed by atoms with Crippen LogP contribution in [0.4, 0.5) is 13.2 Å². The second-order valence-corrected chi connectivity index (χ2v) is 6.77. The van der Waals surface area contributed by atoms with Gasteiger partial charge < -0.3 is 10.4 Å². The fraction of sp³-hybridized carbons (Fsp3) is 0.368. The summed E-state index contributed by atoms with van der Waals surface area (Å²) in [6.45, 7) is 3.57. The first kappa shape index (κ1) is 22.1. The van der Waals surface area contributed by atoms with Crippen molar-refractivity contribution in [2.45, 2.75) is 39.4 Å². The Hall–Kier alpha value is -3.17. The van der Waals surface area contributed by atoms with Gasteiger partial charge in [-0.1, -0.05) is 32.0 Å². The number of carbonyl (C=O) groups is 2. The van der Waals surface area contributed by atoms with E-state index in [2.05, 4.69) is 10.4 Å². The quantitative estimate of drug-likeness (QED) is 0.761. The van der Waals surface area contributed by atoms with Gasteiger partial charge in [0.05, 0.1) is 18.7 Å². The number of ketones is 1. The number of halogens is 3. The minimum absolute atomic E-state index is 0.0259. The lowest BCUT2D eigenvalue weighted by molar-refractivity contribution is -0.138. The lowest BCUT2D eigenvalue weighted by atomic mass is 10.1. The summed E-state index contributed by atoms with van der Waals surface area (Å²) in [6, 6.07) is 4.69. The number of aromatic nitrogens is 2. The van der Waals surface area contributed by atoms with Gasteiger partial charge in [0.1, 0.15) is 17.0 Å². The Morgan fingerprint density at radius 1 is 1.24 bits per heavy atom. The highest BCUT2D eigenvalue weighted by Crippen LogP contribution is 2.32. The van der Waals surface area contributed by atoms with Gasteiger partial charge in [-0.25, -0.2) is 4.68 Å². The normalized spacial score (nSPS) is 11.6. The van der Waals surface area contributed by atoms with Gasteiger partial charge in [-0.05, 0) is 18.6 Å². The number of nitrogens with zero attached hydrogens (tertiary/aromatic N) is 2. The van der Waals surface area contributed by atoms with Crippen LogP contribution in [0, 0.1) is 0 Å². The number of nitrogens with one attached hydrogen (secondary N) is 1. The summed E-state index contributed by atoms with van der Waals surface area (Å²) in [4.78, 5) is 36.2. The molecule has 1 aromatic heterocycles. The molecule has 2 N–H and O–H groups in total. The zero-order valence-electron chi connectivity index (χ0n) is 16.0. The maximum Gasteiger partial charge on any atom is 0.416 e. The molecule has 10 heteroatoms. The molecule has 29 heavy (non-hydrogen) atoms. The molecule has 1 aromatic carbocycles. The number of benzene rings is 1. The van der Waals surface area contributed by atoms with E-state index in [1.54, 1.807) is 13.8 Å². The molecule has 0 spiro atoms. The van der Waals surface area contributed by atoms with Crippen molar-refractivity contribution in [1.29, 1.82) is 0 Å². The Morgan fingerprint density at radius 2 is 1.86 bits per heavy atom. The van der Waals surface area contributed by atoms with Crippen LogP contribution in [-0.2, 0) is 17.5 Å². The molecule has 2 aromatic rings. The standard InChI is InChI=1S/C19H20F3N3O4/c1-10(2)15-16(27)14(17(28)23-8-11(3)26)18(29)25(24-15)9-12-6-4-5-7-13(12)19(20,21)22/h4-7,10,27H,8-9H2,1-3H3,(H,23,28). The third-order valence-corrected chi connectivity index (χ3v) is 4.07. The number of hydrogen-bond acceptors (Lipinski definition) is 5. The van der Waals surface area contributed by atoms with Crippen molar-refractivity contribution >= 4 is 11.7 Å². The number of alkyl halides is 3. The molecule has 0 aliphatic rings. The topological polar surface area (TPSA) is 101 Å². The summed E-state index contributed by atoms with van der Waals surface area (Å²) >= 11 is 0. The van der Waals surface area contributed by atoms with Crippen LogP contribution in [0.15, 0.2) is 29.1 Å². The lowest BCUT2D eigenvalue weighted by Crippen LogP contribution is -2.37. The number of aromatic hydroxyl groups is 1. The van der Waals surface area contributed by atoms with Gasteiger partial charge in [0, 0.05) is 5.92 Å². The molecule has 0 atom stereocenters. The molecule has 2 rings (SSSR count). The van der Waals surface area contributed by atoms with Gasteiger partial charge in [-0.2, -0.15) is 18.3 Å². The molecule has 7 nitrogen and oxygen atoms in total. The minimum atomic E-state index is -4.64. The van der Waals surface area contributed by atoms with E-state index in [9.17, 15) is 32.7 Å². The van der Waals surface area contributed by atoms with Crippen molar-refractivity contribution in [3.05, 3.63) is 57.0 Å². The highest BCUT2D eigenvalue weighted by molar-refractivity contribution is 5.98. The van der Waals surface area contributed by atoms with Crippen LogP contribution in [-0.4, -0.2) is 33.1 Å². The molecule has 0 radical (unpaired) electrons. The van der Waals surface area contributed by atoms with Crippen LogP contribution >= 0.6 is 0 Å². The van der Waals surface area contributed by atoms with Crippen molar-refractivity contribution in [1.82, 2.24) is 15.1 Å². The molecular formula is C19H20F3N3O4. The largest absolute Gasteiger partial charge is 0.505 e. The van der Waals surface area contributed by atoms with Crippen molar-refractivity contribution in [2.75, 3.05) is 6.54 Å². The lowest BCUT2D eigenvalue weighted by Gasteiger charge is -2.17. The molecule has 156 valence electrons. The summed E-state index contributed by atoms with van der Waals surface area (Å²) < 4.78 is 40.5. The van der Waals surface area contributed by atoms with Gasteiger partial charge in [-0.3, -0.25) is 14.4 Å². The number of Topliss-reactive ketones (excluding diaryl/α,β-unsaturated/α-hetero) is 1. The van der Waals surface area contributed by atoms with Crippen LogP contribution in [0.25, 0.3) is 0 Å². The van der Waals surface area contributed by atoms with Crippen LogP contribution in [0.5, 0.6) is 5.75 Å². The Bertz CT molecular complexity index is 997. The predicted molar refractivity (Wildman–Crippen MR) is 97.8 cm³/mol. The third kappa shape index (κ3) is 5.01. The van der Waals surface area contributed by atoms with Crippen LogP contribution < -0.4 is 10.9 Å². The molecule has 0 unspecified atom stereocenters. The molecule has 0 aliphatic heterocycles. The van der Waals surface area contributed by atoms with E-state index >= 15 is 0 Å². The summed E-state index contributed by atoms with van der Waals surface area (Å²) in [5, 5.41) is 16.5. The van der Waals surface area contributed by atoms with Gasteiger partial charge >= 0.3 is 6.18 Å². The Morgan fingerprint density at radius 3 is 2.41 bits per heavy atom. The van der Waals surface area contributed by atoms with E-state index < -0.39 is 47.0 Å². The highest BCUT2D eigenvalue weighted by Gasteiger charge is 2.33. The predicted octanol–water partition coefficient (Wildman–Crippen LogP) is 2.46. The minimum Gasteiger partial charge on any atom is -0.505 e. The van der Waals surface area contributed by atoms with E-state index in [1.165, 1.54) is 25.1 Å².